The van der Waals surface area contributed by atoms with E-state index < -0.39 is 46.8 Å². The van der Waals surface area contributed by atoms with Crippen LogP contribution < -0.4 is 0 Å². The van der Waals surface area contributed by atoms with E-state index in [1.807, 2.05) is 27.7 Å². The zero-order valence-corrected chi connectivity index (χ0v) is 26.7. The average molecular weight is 639 g/mol. The van der Waals surface area contributed by atoms with Gasteiger partial charge in [0.15, 0.2) is 17.6 Å². The van der Waals surface area contributed by atoms with Gasteiger partial charge in [0.1, 0.15) is 6.61 Å². The van der Waals surface area contributed by atoms with E-state index in [2.05, 4.69) is 0 Å². The fourth-order valence-corrected chi connectivity index (χ4v) is 6.11. The summed E-state index contributed by atoms with van der Waals surface area (Å²) in [4.78, 5) is 52.9. The molecule has 4 atom stereocenters. The highest BCUT2D eigenvalue weighted by Gasteiger charge is 2.52. The molecule has 46 heavy (non-hydrogen) atoms. The lowest BCUT2D eigenvalue weighted by Crippen LogP contribution is -2.42. The number of rotatable bonds is 9. The normalized spacial score (nSPS) is 18.8. The van der Waals surface area contributed by atoms with Crippen LogP contribution in [0.1, 0.15) is 63.7 Å². The maximum absolute atomic E-state index is 13.4. The first-order valence-electron chi connectivity index (χ1n) is 14.8. The second-order valence-corrected chi connectivity index (χ2v) is 12.6. The maximum atomic E-state index is 13.4. The molecule has 0 bridgehead atoms. The summed E-state index contributed by atoms with van der Waals surface area (Å²) in [6.45, 7) is 7.40. The van der Waals surface area contributed by atoms with Crippen LogP contribution in [-0.4, -0.2) is 53.4 Å². The molecule has 4 aromatic carbocycles. The smallest absolute Gasteiger partial charge is 0.339 e. The van der Waals surface area contributed by atoms with Crippen LogP contribution in [0.25, 0.3) is 0 Å². The Morgan fingerprint density at radius 1 is 0.478 bits per heavy atom. The van der Waals surface area contributed by atoms with Gasteiger partial charge in [-0.3, -0.25) is 0 Å². The number of carbonyl (C=O) groups excluding carboxylic acids is 4. The van der Waals surface area contributed by atoms with E-state index in [0.29, 0.717) is 11.1 Å². The molecule has 0 saturated carbocycles. The Hall–Kier alpha value is -4.89. The number of benzene rings is 4. The van der Waals surface area contributed by atoms with Crippen molar-refractivity contribution in [2.75, 3.05) is 6.61 Å². The summed E-state index contributed by atoms with van der Waals surface area (Å²) in [6, 6.07) is 27.4. The molecular weight excluding hydrogens is 604 g/mol. The fraction of sp³-hybridized carbons (Fsp3) is 0.243. The monoisotopic (exact) mass is 638 g/mol. The van der Waals surface area contributed by atoms with Crippen LogP contribution >= 0.6 is 11.8 Å². The van der Waals surface area contributed by atoms with Crippen molar-refractivity contribution in [1.29, 1.82) is 0 Å². The van der Waals surface area contributed by atoms with Gasteiger partial charge < -0.3 is 18.9 Å². The summed E-state index contributed by atoms with van der Waals surface area (Å²) in [6.07, 6.45) is -2.35. The average Bonchev–Trinajstić information content (AvgIpc) is 3.35. The first kappa shape index (κ1) is 32.5. The van der Waals surface area contributed by atoms with Crippen LogP contribution in [0.15, 0.2) is 97.1 Å². The van der Waals surface area contributed by atoms with Crippen LogP contribution in [0.2, 0.25) is 0 Å². The van der Waals surface area contributed by atoms with Crippen LogP contribution in [0.4, 0.5) is 0 Å². The summed E-state index contributed by atoms with van der Waals surface area (Å²) in [5.74, 6) is -2.56. The molecule has 5 rings (SSSR count). The summed E-state index contributed by atoms with van der Waals surface area (Å²) in [7, 11) is 0. The Labute approximate surface area is 272 Å². The van der Waals surface area contributed by atoms with Crippen molar-refractivity contribution < 1.29 is 38.1 Å². The summed E-state index contributed by atoms with van der Waals surface area (Å²) in [5, 5.41) is -0.740. The minimum absolute atomic E-state index is 0.208. The zero-order chi connectivity index (χ0) is 32.8. The molecule has 0 spiro atoms. The lowest BCUT2D eigenvalue weighted by molar-refractivity contribution is -0.0607. The molecule has 1 heterocycles. The van der Waals surface area contributed by atoms with Crippen LogP contribution in [0, 0.1) is 27.7 Å². The number of carbonyl (C=O) groups is 4. The van der Waals surface area contributed by atoms with Gasteiger partial charge in [-0.15, -0.1) is 11.8 Å². The maximum Gasteiger partial charge on any atom is 0.339 e. The lowest BCUT2D eigenvalue weighted by atomic mass is 10.1. The molecule has 8 nitrogen and oxygen atoms in total. The molecule has 0 radical (unpaired) electrons. The molecule has 4 unspecified atom stereocenters. The lowest BCUT2D eigenvalue weighted by Gasteiger charge is -2.25. The van der Waals surface area contributed by atoms with Crippen molar-refractivity contribution >= 4 is 35.6 Å². The first-order chi connectivity index (χ1) is 22.1. The molecular formula is C37H34O8S. The molecule has 0 aliphatic carbocycles. The zero-order valence-electron chi connectivity index (χ0n) is 25.9. The van der Waals surface area contributed by atoms with Gasteiger partial charge >= 0.3 is 23.9 Å². The Kier molecular flexibility index (Phi) is 10.2. The third kappa shape index (κ3) is 8.03. The summed E-state index contributed by atoms with van der Waals surface area (Å²) in [5.41, 5.74) is 4.01. The predicted molar refractivity (Wildman–Crippen MR) is 174 cm³/mol. The Bertz CT molecular complexity index is 1700. The van der Waals surface area contributed by atoms with Gasteiger partial charge in [-0.25, -0.2) is 19.2 Å². The SMILES string of the molecule is Cc1ccc(C(=O)OCC2SC(OC(=O)c3ccc(C)cc3)C(OC(=O)c3ccc(C)cc3)C2OC(=O)c2ccc(C)cc2)cc1. The van der Waals surface area contributed by atoms with Crippen molar-refractivity contribution in [3.8, 4) is 0 Å². The van der Waals surface area contributed by atoms with E-state index in [4.69, 9.17) is 18.9 Å². The Morgan fingerprint density at radius 2 is 0.804 bits per heavy atom. The van der Waals surface area contributed by atoms with Gasteiger partial charge in [-0.1, -0.05) is 70.8 Å². The predicted octanol–water partition coefficient (Wildman–Crippen LogP) is 6.83. The minimum atomic E-state index is -1.22. The molecule has 236 valence electrons. The number of hydrogen-bond acceptors (Lipinski definition) is 9. The van der Waals surface area contributed by atoms with E-state index in [1.165, 1.54) is 0 Å². The molecule has 1 fully saturated rings. The van der Waals surface area contributed by atoms with Gasteiger partial charge in [0.25, 0.3) is 0 Å². The summed E-state index contributed by atoms with van der Waals surface area (Å²) < 4.78 is 23.5. The van der Waals surface area contributed by atoms with Crippen LogP contribution in [0.5, 0.6) is 0 Å². The number of aryl methyl sites for hydroxylation is 4. The van der Waals surface area contributed by atoms with Gasteiger partial charge in [0, 0.05) is 0 Å². The van der Waals surface area contributed by atoms with Crippen LogP contribution in [0.3, 0.4) is 0 Å². The fourth-order valence-electron chi connectivity index (χ4n) is 4.74. The van der Waals surface area contributed by atoms with Gasteiger partial charge in [-0.05, 0) is 76.2 Å². The second-order valence-electron chi connectivity index (χ2n) is 11.3. The van der Waals surface area contributed by atoms with E-state index >= 15 is 0 Å². The molecule has 4 aromatic rings. The van der Waals surface area contributed by atoms with Crippen molar-refractivity contribution in [1.82, 2.24) is 0 Å². The van der Waals surface area contributed by atoms with Gasteiger partial charge in [0.2, 0.25) is 0 Å². The highest BCUT2D eigenvalue weighted by molar-refractivity contribution is 8.00. The third-order valence-electron chi connectivity index (χ3n) is 7.50. The number of thioether (sulfide) groups is 1. The largest absolute Gasteiger partial charge is 0.461 e. The number of hydrogen-bond donors (Lipinski definition) is 0. The van der Waals surface area contributed by atoms with Crippen molar-refractivity contribution in [2.45, 2.75) is 50.6 Å². The standard InChI is InChI=1S/C37H34O8S/c1-22-5-13-26(14-6-22)33(38)42-21-30-31(43-34(39)27-15-7-23(2)8-16-27)32(44-35(40)28-17-9-24(3)10-18-28)37(46-30)45-36(41)29-19-11-25(4)12-20-29/h5-20,30-32,37H,21H2,1-4H3. The Balaban J connectivity index is 1.45. The molecule has 9 heteroatoms. The van der Waals surface area contributed by atoms with E-state index in [1.54, 1.807) is 97.1 Å². The topological polar surface area (TPSA) is 105 Å². The van der Waals surface area contributed by atoms with Crippen molar-refractivity contribution in [2.24, 2.45) is 0 Å². The quantitative estimate of drug-likeness (QED) is 0.144. The minimum Gasteiger partial charge on any atom is -0.461 e. The third-order valence-corrected chi connectivity index (χ3v) is 8.89. The van der Waals surface area contributed by atoms with E-state index in [0.717, 1.165) is 34.0 Å². The first-order valence-corrected chi connectivity index (χ1v) is 15.7. The molecule has 0 amide bonds. The van der Waals surface area contributed by atoms with Crippen molar-refractivity contribution in [3.63, 3.8) is 0 Å². The summed E-state index contributed by atoms with van der Waals surface area (Å²) >= 11 is 1.10. The van der Waals surface area contributed by atoms with E-state index in [9.17, 15) is 19.2 Å². The Morgan fingerprint density at radius 3 is 1.20 bits per heavy atom. The highest BCUT2D eigenvalue weighted by atomic mass is 32.2. The van der Waals surface area contributed by atoms with Gasteiger partial charge in [-0.2, -0.15) is 0 Å². The highest BCUT2D eigenvalue weighted by Crippen LogP contribution is 2.40. The van der Waals surface area contributed by atoms with E-state index in [-0.39, 0.29) is 17.7 Å². The molecule has 1 aliphatic heterocycles. The molecule has 1 aliphatic rings. The second kappa shape index (κ2) is 14.5. The number of esters is 4. The van der Waals surface area contributed by atoms with Crippen molar-refractivity contribution in [3.05, 3.63) is 142 Å². The number of ether oxygens (including phenoxy) is 4. The van der Waals surface area contributed by atoms with Gasteiger partial charge in [0.05, 0.1) is 27.5 Å². The molecule has 0 N–H and O–H groups in total. The molecule has 1 saturated heterocycles. The van der Waals surface area contributed by atoms with Crippen LogP contribution in [-0.2, 0) is 18.9 Å². The molecule has 0 aromatic heterocycles.